The summed E-state index contributed by atoms with van der Waals surface area (Å²) < 4.78 is 31.2. The lowest BCUT2D eigenvalue weighted by molar-refractivity contribution is -0.116. The van der Waals surface area contributed by atoms with Crippen LogP contribution in [-0.2, 0) is 14.8 Å². The van der Waals surface area contributed by atoms with E-state index in [1.807, 2.05) is 0 Å². The number of carbonyl (C=O) groups excluding carboxylic acids is 1. The number of hydrogen-bond acceptors (Lipinski definition) is 6. The summed E-state index contributed by atoms with van der Waals surface area (Å²) in [4.78, 5) is 16.7. The lowest BCUT2D eigenvalue weighted by Gasteiger charge is -2.16. The molecule has 1 heterocycles. The molecule has 0 bridgehead atoms. The highest BCUT2D eigenvalue weighted by atomic mass is 35.5. The van der Waals surface area contributed by atoms with Gasteiger partial charge in [0, 0.05) is 23.0 Å². The Bertz CT molecular complexity index is 1160. The number of methoxy groups -OCH3 is 1. The minimum Gasteiger partial charge on any atom is -0.495 e. The standard InChI is InChI=1S/C19H17Cl2N3O4S2/c1-24(30(26,27)14-6-4-13(20)5-7-14)10-18(25)23-19-22-16(11-29-19)12-3-8-17(28-2)15(21)9-12/h3-9,11H,10H2,1-2H3,(H,22,23,25). The maximum atomic E-state index is 12.6. The van der Waals surface area contributed by atoms with Crippen molar-refractivity contribution >= 4 is 55.6 Å². The number of anilines is 1. The third kappa shape index (κ3) is 5.11. The van der Waals surface area contributed by atoms with E-state index in [-0.39, 0.29) is 11.4 Å². The molecule has 0 saturated carbocycles. The summed E-state index contributed by atoms with van der Waals surface area (Å²) in [6.07, 6.45) is 0. The van der Waals surface area contributed by atoms with Crippen LogP contribution in [0.5, 0.6) is 5.75 Å². The van der Waals surface area contributed by atoms with Crippen molar-refractivity contribution in [2.24, 2.45) is 0 Å². The molecule has 11 heteroatoms. The maximum absolute atomic E-state index is 12.6. The number of sulfonamides is 1. The van der Waals surface area contributed by atoms with Crippen LogP contribution in [0, 0.1) is 0 Å². The van der Waals surface area contributed by atoms with Gasteiger partial charge in [-0.15, -0.1) is 11.3 Å². The Morgan fingerprint density at radius 1 is 1.20 bits per heavy atom. The Labute approximate surface area is 188 Å². The molecule has 158 valence electrons. The third-order valence-electron chi connectivity index (χ3n) is 4.09. The van der Waals surface area contributed by atoms with Gasteiger partial charge < -0.3 is 10.1 Å². The average Bonchev–Trinajstić information content (AvgIpc) is 3.16. The van der Waals surface area contributed by atoms with Gasteiger partial charge >= 0.3 is 0 Å². The second-order valence-corrected chi connectivity index (χ2v) is 9.90. The van der Waals surface area contributed by atoms with Crippen molar-refractivity contribution in [3.05, 3.63) is 57.9 Å². The molecule has 1 aromatic heterocycles. The number of rotatable bonds is 7. The number of carbonyl (C=O) groups is 1. The van der Waals surface area contributed by atoms with Crippen LogP contribution in [0.15, 0.2) is 52.7 Å². The first kappa shape index (κ1) is 22.5. The molecule has 0 saturated heterocycles. The molecule has 0 spiro atoms. The topological polar surface area (TPSA) is 88.6 Å². The van der Waals surface area contributed by atoms with Gasteiger partial charge in [0.1, 0.15) is 5.75 Å². The molecule has 1 N–H and O–H groups in total. The molecular formula is C19H17Cl2N3O4S2. The highest BCUT2D eigenvalue weighted by Gasteiger charge is 2.23. The number of nitrogens with one attached hydrogen (secondary N) is 1. The van der Waals surface area contributed by atoms with Crippen LogP contribution in [-0.4, -0.2) is 44.3 Å². The SMILES string of the molecule is COc1ccc(-c2csc(NC(=O)CN(C)S(=O)(=O)c3ccc(Cl)cc3)n2)cc1Cl. The molecule has 0 atom stereocenters. The lowest BCUT2D eigenvalue weighted by Crippen LogP contribution is -2.34. The number of nitrogens with zero attached hydrogens (tertiary/aromatic N) is 2. The molecule has 0 radical (unpaired) electrons. The van der Waals surface area contributed by atoms with Crippen LogP contribution in [0.25, 0.3) is 11.3 Å². The van der Waals surface area contributed by atoms with Crippen molar-refractivity contribution in [2.45, 2.75) is 4.90 Å². The highest BCUT2D eigenvalue weighted by Crippen LogP contribution is 2.31. The first-order valence-electron chi connectivity index (χ1n) is 8.52. The van der Waals surface area contributed by atoms with Crippen molar-refractivity contribution in [2.75, 3.05) is 26.0 Å². The second-order valence-electron chi connectivity index (χ2n) is 6.15. The van der Waals surface area contributed by atoms with Gasteiger partial charge in [-0.25, -0.2) is 13.4 Å². The van der Waals surface area contributed by atoms with Crippen molar-refractivity contribution in [1.82, 2.24) is 9.29 Å². The Balaban J connectivity index is 1.67. The van der Waals surface area contributed by atoms with Gasteiger partial charge in [-0.1, -0.05) is 23.2 Å². The van der Waals surface area contributed by atoms with Gasteiger partial charge in [-0.05, 0) is 42.5 Å². The molecule has 7 nitrogen and oxygen atoms in total. The zero-order chi connectivity index (χ0) is 21.9. The van der Waals surface area contributed by atoms with Crippen molar-refractivity contribution < 1.29 is 17.9 Å². The molecule has 30 heavy (non-hydrogen) atoms. The molecule has 2 aromatic carbocycles. The van der Waals surface area contributed by atoms with Gasteiger partial charge in [0.05, 0.1) is 29.3 Å². The summed E-state index contributed by atoms with van der Waals surface area (Å²) >= 11 is 13.2. The van der Waals surface area contributed by atoms with Crippen molar-refractivity contribution in [1.29, 1.82) is 0 Å². The van der Waals surface area contributed by atoms with Crippen molar-refractivity contribution in [3.8, 4) is 17.0 Å². The molecule has 0 aliphatic carbocycles. The summed E-state index contributed by atoms with van der Waals surface area (Å²) in [5, 5.41) is 5.60. The number of thiazole rings is 1. The van der Waals surface area contributed by atoms with Gasteiger partial charge in [0.15, 0.2) is 5.13 Å². The molecule has 1 amide bonds. The van der Waals surface area contributed by atoms with E-state index in [1.165, 1.54) is 49.8 Å². The van der Waals surface area contributed by atoms with Crippen LogP contribution in [0.1, 0.15) is 0 Å². The number of ether oxygens (including phenoxy) is 1. The quantitative estimate of drug-likeness (QED) is 0.536. The summed E-state index contributed by atoms with van der Waals surface area (Å²) in [6, 6.07) is 11.0. The summed E-state index contributed by atoms with van der Waals surface area (Å²) in [7, 11) is -0.963. The summed E-state index contributed by atoms with van der Waals surface area (Å²) in [6.45, 7) is -0.367. The third-order valence-corrected chi connectivity index (χ3v) is 7.21. The smallest absolute Gasteiger partial charge is 0.243 e. The number of halogens is 2. The van der Waals surface area contributed by atoms with E-state index in [0.29, 0.717) is 26.6 Å². The van der Waals surface area contributed by atoms with E-state index in [2.05, 4.69) is 10.3 Å². The van der Waals surface area contributed by atoms with Gasteiger partial charge in [-0.3, -0.25) is 4.79 Å². The number of benzene rings is 2. The number of amides is 1. The van der Waals surface area contributed by atoms with E-state index < -0.39 is 15.9 Å². The van der Waals surface area contributed by atoms with E-state index in [1.54, 1.807) is 23.6 Å². The van der Waals surface area contributed by atoms with E-state index >= 15 is 0 Å². The van der Waals surface area contributed by atoms with Gasteiger partial charge in [0.25, 0.3) is 0 Å². The fraction of sp³-hybridized carbons (Fsp3) is 0.158. The molecule has 0 aliphatic rings. The van der Waals surface area contributed by atoms with E-state index in [4.69, 9.17) is 27.9 Å². The predicted molar refractivity (Wildman–Crippen MR) is 119 cm³/mol. The Morgan fingerprint density at radius 2 is 1.90 bits per heavy atom. The molecule has 0 aliphatic heterocycles. The molecule has 3 aromatic rings. The largest absolute Gasteiger partial charge is 0.495 e. The number of hydrogen-bond donors (Lipinski definition) is 1. The van der Waals surface area contributed by atoms with Gasteiger partial charge in [-0.2, -0.15) is 4.31 Å². The summed E-state index contributed by atoms with van der Waals surface area (Å²) in [5.41, 5.74) is 1.39. The average molecular weight is 486 g/mol. The molecule has 0 fully saturated rings. The summed E-state index contributed by atoms with van der Waals surface area (Å²) in [5.74, 6) is 0.0396. The Kier molecular flexibility index (Phi) is 6.99. The van der Waals surface area contributed by atoms with Crippen LogP contribution >= 0.6 is 34.5 Å². The number of aromatic nitrogens is 1. The van der Waals surface area contributed by atoms with Crippen LogP contribution < -0.4 is 10.1 Å². The molecular weight excluding hydrogens is 469 g/mol. The second kappa shape index (κ2) is 9.32. The van der Waals surface area contributed by atoms with Crippen LogP contribution in [0.3, 0.4) is 0 Å². The number of likely N-dealkylation sites (N-methyl/N-ethyl adjacent to an activating group) is 1. The monoisotopic (exact) mass is 485 g/mol. The fourth-order valence-electron chi connectivity index (χ4n) is 2.52. The molecule has 3 rings (SSSR count). The van der Waals surface area contributed by atoms with Crippen molar-refractivity contribution in [3.63, 3.8) is 0 Å². The Hall–Kier alpha value is -2.17. The highest BCUT2D eigenvalue weighted by molar-refractivity contribution is 7.89. The molecule has 0 unspecified atom stereocenters. The zero-order valence-corrected chi connectivity index (χ0v) is 19.1. The van der Waals surface area contributed by atoms with E-state index in [0.717, 1.165) is 9.87 Å². The maximum Gasteiger partial charge on any atom is 0.243 e. The fourth-order valence-corrected chi connectivity index (χ4v) is 4.77. The van der Waals surface area contributed by atoms with Crippen LogP contribution in [0.2, 0.25) is 10.0 Å². The van der Waals surface area contributed by atoms with E-state index in [9.17, 15) is 13.2 Å². The zero-order valence-electron chi connectivity index (χ0n) is 15.9. The lowest BCUT2D eigenvalue weighted by atomic mass is 10.2. The Morgan fingerprint density at radius 3 is 2.53 bits per heavy atom. The minimum absolute atomic E-state index is 0.0510. The predicted octanol–water partition coefficient (Wildman–Crippen LogP) is 4.38. The first-order chi connectivity index (χ1) is 14.2. The van der Waals surface area contributed by atoms with Crippen LogP contribution in [0.4, 0.5) is 5.13 Å². The minimum atomic E-state index is -3.82. The van der Waals surface area contributed by atoms with Gasteiger partial charge in [0.2, 0.25) is 15.9 Å². The first-order valence-corrected chi connectivity index (χ1v) is 11.6. The normalized spacial score (nSPS) is 11.5.